The highest BCUT2D eigenvalue weighted by atomic mass is 19.1. The Balaban J connectivity index is 1.38. The molecule has 0 aliphatic carbocycles. The number of carbonyl (C=O) groups excluding carboxylic acids is 2. The van der Waals surface area contributed by atoms with E-state index in [2.05, 4.69) is 25.6 Å². The molecule has 0 aliphatic heterocycles. The van der Waals surface area contributed by atoms with E-state index in [4.69, 9.17) is 24.3 Å². The molecule has 3 N–H and O–H groups in total. The normalized spacial score (nSPS) is 12.7. The van der Waals surface area contributed by atoms with Crippen LogP contribution in [0.25, 0.3) is 22.8 Å². The fraction of sp³-hybridized carbons (Fsp3) is 0.357. The van der Waals surface area contributed by atoms with Gasteiger partial charge in [-0.2, -0.15) is 9.97 Å². The Kier molecular flexibility index (Phi) is 9.40. The minimum atomic E-state index is -0.772. The van der Waals surface area contributed by atoms with Gasteiger partial charge in [0.2, 0.25) is 17.5 Å². The summed E-state index contributed by atoms with van der Waals surface area (Å²) in [6, 6.07) is 10.6. The van der Waals surface area contributed by atoms with Crippen molar-refractivity contribution in [2.45, 2.75) is 52.2 Å². The molecule has 1 unspecified atom stereocenters. The van der Waals surface area contributed by atoms with Gasteiger partial charge in [-0.3, -0.25) is 9.59 Å². The van der Waals surface area contributed by atoms with Gasteiger partial charge in [-0.1, -0.05) is 37.2 Å². The molecular weight excluding hydrogens is 535 g/mol. The van der Waals surface area contributed by atoms with Crippen molar-refractivity contribution in [2.75, 3.05) is 13.2 Å². The van der Waals surface area contributed by atoms with E-state index in [-0.39, 0.29) is 36.3 Å². The fourth-order valence-corrected chi connectivity index (χ4v) is 3.66. The summed E-state index contributed by atoms with van der Waals surface area (Å²) in [5.41, 5.74) is 6.13. The monoisotopic (exact) mass is 566 g/mol. The zero-order valence-electron chi connectivity index (χ0n) is 23.1. The first-order valence-electron chi connectivity index (χ1n) is 13.1. The van der Waals surface area contributed by atoms with Crippen LogP contribution in [0.2, 0.25) is 0 Å². The third-order valence-corrected chi connectivity index (χ3v) is 6.06. The van der Waals surface area contributed by atoms with Crippen molar-refractivity contribution < 1.29 is 32.5 Å². The number of amides is 1. The Morgan fingerprint density at radius 1 is 0.976 bits per heavy atom. The van der Waals surface area contributed by atoms with Crippen molar-refractivity contribution in [3.8, 4) is 28.5 Å². The molecule has 0 aliphatic rings. The molecule has 0 saturated heterocycles. The first-order valence-corrected chi connectivity index (χ1v) is 13.1. The number of esters is 1. The number of carbonyl (C=O) groups is 2. The summed E-state index contributed by atoms with van der Waals surface area (Å²) in [5, 5.41) is 10.6. The van der Waals surface area contributed by atoms with Gasteiger partial charge in [0.1, 0.15) is 18.2 Å². The Morgan fingerprint density at radius 2 is 1.61 bits per heavy atom. The predicted octanol–water partition coefficient (Wildman–Crippen LogP) is 4.20. The summed E-state index contributed by atoms with van der Waals surface area (Å²) in [5.74, 6) is 0.0456. The lowest BCUT2D eigenvalue weighted by Crippen LogP contribution is -2.39. The second kappa shape index (κ2) is 13.1. The van der Waals surface area contributed by atoms with Crippen LogP contribution in [0.15, 0.2) is 51.5 Å². The highest BCUT2D eigenvalue weighted by molar-refractivity contribution is 5.95. The molecule has 0 radical (unpaired) electrons. The van der Waals surface area contributed by atoms with Crippen molar-refractivity contribution in [2.24, 2.45) is 5.73 Å². The molecule has 2 aromatic heterocycles. The van der Waals surface area contributed by atoms with E-state index in [1.807, 2.05) is 26.0 Å². The lowest BCUT2D eigenvalue weighted by atomic mass is 10.1. The minimum absolute atomic E-state index is 0.0635. The number of nitrogens with two attached hydrogens (primary N) is 1. The van der Waals surface area contributed by atoms with Gasteiger partial charge in [0, 0.05) is 17.0 Å². The second-order valence-corrected chi connectivity index (χ2v) is 9.51. The first kappa shape index (κ1) is 29.3. The molecular formula is C28H31FN6O6. The number of hydrogen-bond acceptors (Lipinski definition) is 11. The van der Waals surface area contributed by atoms with Crippen LogP contribution in [-0.2, 0) is 9.53 Å². The molecule has 216 valence electrons. The number of nitrogens with one attached hydrogen (secondary N) is 1. The van der Waals surface area contributed by atoms with Gasteiger partial charge in [0.25, 0.3) is 11.8 Å². The highest BCUT2D eigenvalue weighted by Gasteiger charge is 2.21. The Labute approximate surface area is 235 Å². The zero-order chi connectivity index (χ0) is 29.5. The van der Waals surface area contributed by atoms with Crippen LogP contribution in [-0.4, -0.2) is 51.4 Å². The van der Waals surface area contributed by atoms with E-state index in [0.29, 0.717) is 29.4 Å². The number of rotatable bonds is 12. The van der Waals surface area contributed by atoms with Crippen LogP contribution < -0.4 is 15.8 Å². The molecule has 0 bridgehead atoms. The minimum Gasteiger partial charge on any atom is -0.481 e. The Hall–Kier alpha value is -4.65. The van der Waals surface area contributed by atoms with Crippen LogP contribution >= 0.6 is 0 Å². The van der Waals surface area contributed by atoms with Crippen molar-refractivity contribution in [3.05, 3.63) is 65.6 Å². The average Bonchev–Trinajstić information content (AvgIpc) is 3.66. The maximum Gasteiger partial charge on any atom is 0.319 e. The van der Waals surface area contributed by atoms with Crippen LogP contribution in [0, 0.1) is 5.82 Å². The van der Waals surface area contributed by atoms with Gasteiger partial charge in [-0.05, 0) is 49.7 Å². The zero-order valence-corrected chi connectivity index (χ0v) is 23.1. The van der Waals surface area contributed by atoms with Crippen LogP contribution in [0.1, 0.15) is 68.3 Å². The second-order valence-electron chi connectivity index (χ2n) is 9.51. The first-order chi connectivity index (χ1) is 19.7. The van der Waals surface area contributed by atoms with E-state index in [9.17, 15) is 14.0 Å². The summed E-state index contributed by atoms with van der Waals surface area (Å²) in [4.78, 5) is 32.6. The summed E-state index contributed by atoms with van der Waals surface area (Å²) in [6.07, 6.45) is -0.133. The third kappa shape index (κ3) is 7.31. The summed E-state index contributed by atoms with van der Waals surface area (Å²) in [7, 11) is 0. The topological polar surface area (TPSA) is 168 Å². The van der Waals surface area contributed by atoms with E-state index in [1.165, 1.54) is 12.1 Å². The lowest BCUT2D eigenvalue weighted by molar-refractivity contribution is -0.142. The van der Waals surface area contributed by atoms with Gasteiger partial charge in [-0.15, -0.1) is 0 Å². The van der Waals surface area contributed by atoms with E-state index in [0.717, 1.165) is 11.6 Å². The number of hydrogen-bond donors (Lipinski definition) is 2. The highest BCUT2D eigenvalue weighted by Crippen LogP contribution is 2.27. The smallest absolute Gasteiger partial charge is 0.319 e. The molecule has 0 fully saturated rings. The molecule has 2 heterocycles. The van der Waals surface area contributed by atoms with Crippen LogP contribution in [0.5, 0.6) is 5.75 Å². The fourth-order valence-electron chi connectivity index (χ4n) is 3.66. The maximum absolute atomic E-state index is 14.9. The molecule has 13 heteroatoms. The van der Waals surface area contributed by atoms with Crippen molar-refractivity contribution >= 4 is 11.9 Å². The lowest BCUT2D eigenvalue weighted by Gasteiger charge is -2.17. The average molecular weight is 567 g/mol. The molecule has 41 heavy (non-hydrogen) atoms. The summed E-state index contributed by atoms with van der Waals surface area (Å²) >= 11 is 0. The van der Waals surface area contributed by atoms with E-state index in [1.54, 1.807) is 26.0 Å². The predicted molar refractivity (Wildman–Crippen MR) is 144 cm³/mol. The van der Waals surface area contributed by atoms with Gasteiger partial charge >= 0.3 is 5.97 Å². The molecule has 12 nitrogen and oxygen atoms in total. The number of nitrogens with zero attached hydrogens (tertiary/aromatic N) is 4. The third-order valence-electron chi connectivity index (χ3n) is 6.06. The van der Waals surface area contributed by atoms with Crippen LogP contribution in [0.4, 0.5) is 4.39 Å². The molecule has 2 atom stereocenters. The largest absolute Gasteiger partial charge is 0.481 e. The molecule has 4 rings (SSSR count). The van der Waals surface area contributed by atoms with Crippen molar-refractivity contribution in [3.63, 3.8) is 0 Å². The number of ether oxygens (including phenoxy) is 2. The van der Waals surface area contributed by atoms with Gasteiger partial charge in [0.05, 0.1) is 18.2 Å². The Bertz CT molecular complexity index is 1490. The van der Waals surface area contributed by atoms with E-state index >= 15 is 0 Å². The van der Waals surface area contributed by atoms with Crippen LogP contribution in [0.3, 0.4) is 0 Å². The molecule has 1 amide bonds. The standard InChI is InChI=1S/C28H31FN6O6/c1-5-19(14-38-23(36)13-30)31-26(37)21-11-8-18(12-22(21)29)25-33-28(41-35-25)16(4)39-20-9-6-17(7-10-20)24-32-27(15(2)3)40-34-24/h6-12,15-16,19H,5,13-14,30H2,1-4H3,(H,31,37)/t16?,19-/m0/s1. The summed E-state index contributed by atoms with van der Waals surface area (Å²) < 4.78 is 36.3. The molecule has 4 aromatic rings. The van der Waals surface area contributed by atoms with Crippen molar-refractivity contribution in [1.29, 1.82) is 0 Å². The quantitative estimate of drug-likeness (QED) is 0.236. The SMILES string of the molecule is CC[C@@H](COC(=O)CN)NC(=O)c1ccc(-c2noc(C(C)Oc3ccc(-c4noc(C(C)C)n4)cc3)n2)cc1F. The van der Waals surface area contributed by atoms with E-state index < -0.39 is 29.8 Å². The maximum atomic E-state index is 14.9. The summed E-state index contributed by atoms with van der Waals surface area (Å²) in [6.45, 7) is 7.15. The molecule has 0 spiro atoms. The van der Waals surface area contributed by atoms with Gasteiger partial charge in [-0.25, -0.2) is 4.39 Å². The van der Waals surface area contributed by atoms with Crippen molar-refractivity contribution in [1.82, 2.24) is 25.6 Å². The molecule has 2 aromatic carbocycles. The Morgan fingerprint density at radius 3 is 2.22 bits per heavy atom. The van der Waals surface area contributed by atoms with Gasteiger partial charge in [0.15, 0.2) is 6.10 Å². The number of halogens is 1. The number of aromatic nitrogens is 4. The number of benzene rings is 2. The molecule has 0 saturated carbocycles. The van der Waals surface area contributed by atoms with Gasteiger partial charge < -0.3 is 29.6 Å².